The molecule has 1 aromatic carbocycles. The average Bonchev–Trinajstić information content (AvgIpc) is 2.99. The zero-order valence-corrected chi connectivity index (χ0v) is 14.8. The van der Waals surface area contributed by atoms with Crippen molar-refractivity contribution in [1.29, 1.82) is 0 Å². The molecule has 0 aliphatic carbocycles. The van der Waals surface area contributed by atoms with Crippen LogP contribution >= 0.6 is 11.6 Å². The first-order valence-electron chi connectivity index (χ1n) is 7.72. The summed E-state index contributed by atoms with van der Waals surface area (Å²) in [5, 5.41) is 14.3. The lowest BCUT2D eigenvalue weighted by molar-refractivity contribution is -0.146. The summed E-state index contributed by atoms with van der Waals surface area (Å²) in [7, 11) is 3.79. The van der Waals surface area contributed by atoms with Crippen molar-refractivity contribution in [1.82, 2.24) is 24.7 Å². The summed E-state index contributed by atoms with van der Waals surface area (Å²) >= 11 is 6.26. The Kier molecular flexibility index (Phi) is 5.01. The van der Waals surface area contributed by atoms with Crippen LogP contribution in [-0.4, -0.2) is 45.4 Å². The van der Waals surface area contributed by atoms with E-state index in [1.54, 1.807) is 12.1 Å². The van der Waals surface area contributed by atoms with Gasteiger partial charge in [0.1, 0.15) is 5.82 Å². The molecule has 0 bridgehead atoms. The molecule has 6 nitrogen and oxygen atoms in total. The van der Waals surface area contributed by atoms with Gasteiger partial charge in [0, 0.05) is 11.6 Å². The average molecular weight is 385 g/mol. The number of fused-ring (bicyclic) bond motifs is 1. The molecule has 0 amide bonds. The molecule has 0 aliphatic rings. The van der Waals surface area contributed by atoms with Gasteiger partial charge in [-0.1, -0.05) is 29.8 Å². The minimum absolute atomic E-state index is 0.0261. The smallest absolute Gasteiger partial charge is 0.367 e. The molecule has 1 N–H and O–H groups in total. The van der Waals surface area contributed by atoms with E-state index in [0.29, 0.717) is 16.1 Å². The maximum absolute atomic E-state index is 13.0. The van der Waals surface area contributed by atoms with Gasteiger partial charge in [-0.05, 0) is 37.9 Å². The highest BCUT2D eigenvalue weighted by Gasteiger charge is 2.37. The van der Waals surface area contributed by atoms with E-state index in [1.165, 1.54) is 6.07 Å². The second kappa shape index (κ2) is 7.08. The van der Waals surface area contributed by atoms with E-state index in [2.05, 4.69) is 20.6 Å². The van der Waals surface area contributed by atoms with Crippen molar-refractivity contribution in [3.8, 4) is 0 Å². The van der Waals surface area contributed by atoms with Crippen LogP contribution in [0.2, 0.25) is 5.02 Å². The molecule has 26 heavy (non-hydrogen) atoms. The summed E-state index contributed by atoms with van der Waals surface area (Å²) < 4.78 is 39.6. The Morgan fingerprint density at radius 3 is 2.54 bits per heavy atom. The number of benzene rings is 1. The number of hydrogen-bond donors (Lipinski definition) is 1. The highest BCUT2D eigenvalue weighted by atomic mass is 35.5. The van der Waals surface area contributed by atoms with E-state index >= 15 is 0 Å². The maximum atomic E-state index is 13.0. The lowest BCUT2D eigenvalue weighted by atomic mass is 10.1. The highest BCUT2D eigenvalue weighted by molar-refractivity contribution is 6.31. The molecule has 2 heterocycles. The molecule has 0 saturated heterocycles. The van der Waals surface area contributed by atoms with Crippen molar-refractivity contribution in [2.45, 2.75) is 12.2 Å². The molecule has 1 atom stereocenters. The van der Waals surface area contributed by atoms with E-state index in [9.17, 15) is 13.2 Å². The zero-order valence-electron chi connectivity index (χ0n) is 14.0. The van der Waals surface area contributed by atoms with Gasteiger partial charge in [0.15, 0.2) is 5.65 Å². The first-order chi connectivity index (χ1) is 12.3. The van der Waals surface area contributed by atoms with Crippen LogP contribution < -0.4 is 5.32 Å². The molecule has 0 saturated carbocycles. The van der Waals surface area contributed by atoms with E-state index in [0.717, 1.165) is 5.56 Å². The van der Waals surface area contributed by atoms with Crippen LogP contribution in [0.25, 0.3) is 5.65 Å². The molecular weight excluding hydrogens is 369 g/mol. The second-order valence-electron chi connectivity index (χ2n) is 5.89. The molecule has 0 unspecified atom stereocenters. The Labute approximate surface area is 152 Å². The van der Waals surface area contributed by atoms with E-state index in [4.69, 9.17) is 11.6 Å². The van der Waals surface area contributed by atoms with Crippen LogP contribution in [-0.2, 0) is 6.18 Å². The number of nitrogens with zero attached hydrogens (tertiary/aromatic N) is 5. The van der Waals surface area contributed by atoms with Crippen LogP contribution in [0, 0.1) is 0 Å². The largest absolute Gasteiger partial charge is 0.453 e. The summed E-state index contributed by atoms with van der Waals surface area (Å²) in [5.74, 6) is -0.881. The predicted octanol–water partition coefficient (Wildman–Crippen LogP) is 3.51. The molecule has 0 fully saturated rings. The summed E-state index contributed by atoms with van der Waals surface area (Å²) in [6.07, 6.45) is -4.63. The van der Waals surface area contributed by atoms with Crippen LogP contribution in [0.5, 0.6) is 0 Å². The molecule has 3 aromatic rings. The van der Waals surface area contributed by atoms with Gasteiger partial charge in [-0.2, -0.15) is 17.7 Å². The lowest BCUT2D eigenvalue weighted by Gasteiger charge is -2.26. The van der Waals surface area contributed by atoms with Gasteiger partial charge in [-0.3, -0.25) is 0 Å². The fourth-order valence-electron chi connectivity index (χ4n) is 2.58. The van der Waals surface area contributed by atoms with Crippen LogP contribution in [0.4, 0.5) is 19.0 Å². The molecule has 0 radical (unpaired) electrons. The van der Waals surface area contributed by atoms with Crippen molar-refractivity contribution in [2.75, 3.05) is 26.0 Å². The third-order valence-corrected chi connectivity index (χ3v) is 4.22. The van der Waals surface area contributed by atoms with Crippen LogP contribution in [0.3, 0.4) is 0 Å². The maximum Gasteiger partial charge on any atom is 0.453 e. The number of anilines is 1. The first kappa shape index (κ1) is 18.4. The Balaban J connectivity index is 1.85. The van der Waals surface area contributed by atoms with Crippen molar-refractivity contribution >= 4 is 23.1 Å². The first-order valence-corrected chi connectivity index (χ1v) is 8.09. The fourth-order valence-corrected chi connectivity index (χ4v) is 2.84. The van der Waals surface area contributed by atoms with Gasteiger partial charge >= 0.3 is 6.18 Å². The number of halogens is 4. The topological polar surface area (TPSA) is 58.3 Å². The quantitative estimate of drug-likeness (QED) is 0.729. The summed E-state index contributed by atoms with van der Waals surface area (Å²) in [4.78, 5) is 1.96. The minimum Gasteiger partial charge on any atom is -0.367 e. The number of likely N-dealkylation sites (N-methyl/N-ethyl adjacent to an activating group) is 1. The minimum atomic E-state index is -4.63. The fraction of sp³-hybridized carbons (Fsp3) is 0.312. The standard InChI is InChI=1S/C16H16ClF3N6/c1-25(2)12(10-5-3-4-6-11(10)17)9-21-13-7-8-14-22-23-15(16(18,19)20)26(14)24-13/h3-8,12H,9H2,1-2H3,(H,21,24)/t12-/m1/s1. The number of hydrogen-bond acceptors (Lipinski definition) is 5. The second-order valence-corrected chi connectivity index (χ2v) is 6.30. The highest BCUT2D eigenvalue weighted by Crippen LogP contribution is 2.28. The van der Waals surface area contributed by atoms with Crippen molar-refractivity contribution in [3.05, 3.63) is 52.8 Å². The summed E-state index contributed by atoms with van der Waals surface area (Å²) in [6, 6.07) is 10.3. The molecule has 0 spiro atoms. The van der Waals surface area contributed by atoms with Crippen LogP contribution in [0.1, 0.15) is 17.4 Å². The Bertz CT molecular complexity index is 908. The van der Waals surface area contributed by atoms with E-state index in [-0.39, 0.29) is 17.5 Å². The van der Waals surface area contributed by atoms with Gasteiger partial charge in [-0.25, -0.2) is 0 Å². The Morgan fingerprint density at radius 1 is 1.15 bits per heavy atom. The predicted molar refractivity (Wildman–Crippen MR) is 92.2 cm³/mol. The van der Waals surface area contributed by atoms with E-state index in [1.807, 2.05) is 37.2 Å². The van der Waals surface area contributed by atoms with Gasteiger partial charge in [0.2, 0.25) is 0 Å². The zero-order chi connectivity index (χ0) is 18.9. The number of alkyl halides is 3. The van der Waals surface area contributed by atoms with Crippen molar-refractivity contribution in [2.24, 2.45) is 0 Å². The lowest BCUT2D eigenvalue weighted by Crippen LogP contribution is -2.27. The molecule has 0 aliphatic heterocycles. The normalized spacial score (nSPS) is 13.3. The monoisotopic (exact) mass is 384 g/mol. The number of rotatable bonds is 5. The summed E-state index contributed by atoms with van der Waals surface area (Å²) in [6.45, 7) is 0.402. The molecule has 10 heteroatoms. The number of nitrogens with one attached hydrogen (secondary N) is 1. The number of aromatic nitrogens is 4. The van der Waals surface area contributed by atoms with Crippen molar-refractivity contribution < 1.29 is 13.2 Å². The molecule has 2 aromatic heterocycles. The Morgan fingerprint density at radius 2 is 1.88 bits per heavy atom. The van der Waals surface area contributed by atoms with Gasteiger partial charge < -0.3 is 10.2 Å². The van der Waals surface area contributed by atoms with Crippen LogP contribution in [0.15, 0.2) is 36.4 Å². The molecule has 138 valence electrons. The van der Waals surface area contributed by atoms with E-state index < -0.39 is 12.0 Å². The Hall–Kier alpha value is -2.39. The van der Waals surface area contributed by atoms with Crippen molar-refractivity contribution in [3.63, 3.8) is 0 Å². The van der Waals surface area contributed by atoms with Gasteiger partial charge in [0.25, 0.3) is 5.82 Å². The summed E-state index contributed by atoms with van der Waals surface area (Å²) in [5.41, 5.74) is 0.936. The van der Waals surface area contributed by atoms with Gasteiger partial charge in [0.05, 0.1) is 6.04 Å². The third-order valence-electron chi connectivity index (χ3n) is 3.88. The molecular formula is C16H16ClF3N6. The molecule has 3 rings (SSSR count). The van der Waals surface area contributed by atoms with Gasteiger partial charge in [-0.15, -0.1) is 15.3 Å². The third kappa shape index (κ3) is 3.73. The SMILES string of the molecule is CN(C)[C@H](CNc1ccc2nnc(C(F)(F)F)n2n1)c1ccccc1Cl.